The Balaban J connectivity index is 1.66. The number of aliphatic hydroxyl groups is 1. The predicted octanol–water partition coefficient (Wildman–Crippen LogP) is 1.32. The van der Waals surface area contributed by atoms with Gasteiger partial charge >= 0.3 is 5.97 Å². The first kappa shape index (κ1) is 14.3. The fraction of sp³-hybridized carbons (Fsp3) is 0.500. The van der Waals surface area contributed by atoms with Crippen molar-refractivity contribution in [1.82, 2.24) is 4.90 Å². The number of benzene rings is 1. The average Bonchev–Trinajstić information content (AvgIpc) is 3.15. The summed E-state index contributed by atoms with van der Waals surface area (Å²) in [5.74, 6) is 1.05. The van der Waals surface area contributed by atoms with Gasteiger partial charge in [0.15, 0.2) is 11.5 Å². The molecule has 0 unspecified atom stereocenters. The van der Waals surface area contributed by atoms with Crippen molar-refractivity contribution >= 4 is 5.97 Å². The molecule has 0 spiro atoms. The summed E-state index contributed by atoms with van der Waals surface area (Å²) in [4.78, 5) is 14.0. The molecular formula is C18H19NO5. The zero-order chi connectivity index (χ0) is 16.4. The van der Waals surface area contributed by atoms with E-state index in [0.29, 0.717) is 0 Å². The van der Waals surface area contributed by atoms with Crippen molar-refractivity contribution < 1.29 is 24.1 Å². The van der Waals surface area contributed by atoms with E-state index in [2.05, 4.69) is 4.90 Å². The number of carbonyl (C=O) groups excluding carboxylic acids is 1. The summed E-state index contributed by atoms with van der Waals surface area (Å²) >= 11 is 0. The quantitative estimate of drug-likeness (QED) is 0.619. The first-order valence-corrected chi connectivity index (χ1v) is 8.34. The van der Waals surface area contributed by atoms with Crippen LogP contribution in [0.1, 0.15) is 30.4 Å². The summed E-state index contributed by atoms with van der Waals surface area (Å²) in [6, 6.07) is 4.22. The van der Waals surface area contributed by atoms with Crippen LogP contribution in [0.25, 0.3) is 0 Å². The van der Waals surface area contributed by atoms with Gasteiger partial charge in [0.05, 0.1) is 0 Å². The number of nitrogens with zero attached hydrogens (tertiary/aromatic N) is 1. The van der Waals surface area contributed by atoms with E-state index in [1.807, 2.05) is 18.2 Å². The number of esters is 1. The van der Waals surface area contributed by atoms with Crippen molar-refractivity contribution in [2.45, 2.75) is 44.1 Å². The van der Waals surface area contributed by atoms with E-state index in [-0.39, 0.29) is 24.7 Å². The second kappa shape index (κ2) is 4.97. The summed E-state index contributed by atoms with van der Waals surface area (Å²) in [6.07, 6.45) is 1.48. The smallest absolute Gasteiger partial charge is 0.303 e. The molecule has 0 aromatic heterocycles. The maximum absolute atomic E-state index is 11.6. The van der Waals surface area contributed by atoms with E-state index < -0.39 is 12.2 Å². The highest BCUT2D eigenvalue weighted by Gasteiger charge is 2.50. The molecule has 1 fully saturated rings. The molecule has 1 saturated heterocycles. The van der Waals surface area contributed by atoms with E-state index >= 15 is 0 Å². The molecule has 4 atom stereocenters. The van der Waals surface area contributed by atoms with Crippen LogP contribution in [0, 0.1) is 0 Å². The Morgan fingerprint density at radius 3 is 2.92 bits per heavy atom. The van der Waals surface area contributed by atoms with Gasteiger partial charge in [-0.1, -0.05) is 11.6 Å². The summed E-state index contributed by atoms with van der Waals surface area (Å²) in [5, 5.41) is 10.6. The molecule has 3 aliphatic heterocycles. The van der Waals surface area contributed by atoms with Gasteiger partial charge in [-0.2, -0.15) is 0 Å². The fourth-order valence-corrected chi connectivity index (χ4v) is 4.67. The van der Waals surface area contributed by atoms with Gasteiger partial charge in [-0.05, 0) is 29.7 Å². The monoisotopic (exact) mass is 329 g/mol. The molecule has 1 N–H and O–H groups in total. The highest BCUT2D eigenvalue weighted by molar-refractivity contribution is 5.66. The van der Waals surface area contributed by atoms with Crippen molar-refractivity contribution in [2.75, 3.05) is 13.3 Å². The van der Waals surface area contributed by atoms with E-state index in [0.717, 1.165) is 42.1 Å². The predicted molar refractivity (Wildman–Crippen MR) is 83.8 cm³/mol. The number of aliphatic hydroxyl groups excluding tert-OH is 1. The highest BCUT2D eigenvalue weighted by Crippen LogP contribution is 2.50. The van der Waals surface area contributed by atoms with Crippen LogP contribution in [0.2, 0.25) is 0 Å². The topological polar surface area (TPSA) is 68.2 Å². The second-order valence-corrected chi connectivity index (χ2v) is 6.90. The van der Waals surface area contributed by atoms with Crippen molar-refractivity contribution in [1.29, 1.82) is 0 Å². The van der Waals surface area contributed by atoms with Crippen LogP contribution in [0.3, 0.4) is 0 Å². The molecule has 0 saturated carbocycles. The molecule has 4 aliphatic rings. The Morgan fingerprint density at radius 1 is 1.33 bits per heavy atom. The molecule has 0 radical (unpaired) electrons. The summed E-state index contributed by atoms with van der Waals surface area (Å²) < 4.78 is 16.6. The molecular weight excluding hydrogens is 310 g/mol. The molecule has 1 aromatic carbocycles. The Hall–Kier alpha value is -2.05. The standard InChI is InChI=1S/C18H19NO5/c1-9(20)24-18-13(21)4-10-2-3-19-7-11-5-14-15(23-8-22-14)6-12(11)16(18)17(10)19/h4-6,13,16-18,21H,2-3,7-8H2,1H3/t13-,16-,17+,18+/m0/s1. The van der Waals surface area contributed by atoms with Crippen molar-refractivity contribution in [3.05, 3.63) is 34.9 Å². The van der Waals surface area contributed by atoms with Crippen LogP contribution in [0.4, 0.5) is 0 Å². The summed E-state index contributed by atoms with van der Waals surface area (Å²) in [7, 11) is 0. The Morgan fingerprint density at radius 2 is 2.12 bits per heavy atom. The molecule has 5 rings (SSSR count). The van der Waals surface area contributed by atoms with Gasteiger partial charge in [-0.15, -0.1) is 0 Å². The molecule has 126 valence electrons. The van der Waals surface area contributed by atoms with Crippen LogP contribution in [-0.2, 0) is 16.1 Å². The summed E-state index contributed by atoms with van der Waals surface area (Å²) in [5.41, 5.74) is 3.51. The van der Waals surface area contributed by atoms with Crippen molar-refractivity contribution in [2.24, 2.45) is 0 Å². The van der Waals surface area contributed by atoms with E-state index in [4.69, 9.17) is 14.2 Å². The second-order valence-electron chi connectivity index (χ2n) is 6.90. The molecule has 3 heterocycles. The SMILES string of the molecule is CC(=O)O[C@H]1[C@H]2c3cc4c(cc3CN3CCC(=C[C@@H]1O)[C@H]23)OCO4. The van der Waals surface area contributed by atoms with E-state index in [1.165, 1.54) is 12.5 Å². The highest BCUT2D eigenvalue weighted by atomic mass is 16.7. The lowest BCUT2D eigenvalue weighted by Gasteiger charge is -2.45. The third kappa shape index (κ3) is 1.93. The van der Waals surface area contributed by atoms with Crippen LogP contribution in [-0.4, -0.2) is 47.6 Å². The molecule has 1 aromatic rings. The summed E-state index contributed by atoms with van der Waals surface area (Å²) in [6.45, 7) is 3.42. The van der Waals surface area contributed by atoms with Crippen LogP contribution < -0.4 is 9.47 Å². The van der Waals surface area contributed by atoms with E-state index in [1.54, 1.807) is 0 Å². The minimum absolute atomic E-state index is 0.0790. The van der Waals surface area contributed by atoms with Crippen LogP contribution >= 0.6 is 0 Å². The Labute approximate surface area is 139 Å². The lowest BCUT2D eigenvalue weighted by Crippen LogP contribution is -2.51. The molecule has 24 heavy (non-hydrogen) atoms. The van der Waals surface area contributed by atoms with Crippen molar-refractivity contribution in [3.8, 4) is 11.5 Å². The Kier molecular flexibility index (Phi) is 2.96. The first-order chi connectivity index (χ1) is 11.6. The van der Waals surface area contributed by atoms with Gasteiger partial charge in [-0.25, -0.2) is 0 Å². The molecule has 0 amide bonds. The van der Waals surface area contributed by atoms with Gasteiger partial charge < -0.3 is 19.3 Å². The lowest BCUT2D eigenvalue weighted by molar-refractivity contribution is -0.154. The number of carbonyl (C=O) groups is 1. The zero-order valence-corrected chi connectivity index (χ0v) is 13.4. The van der Waals surface area contributed by atoms with Gasteiger partial charge in [0.1, 0.15) is 12.2 Å². The average molecular weight is 329 g/mol. The van der Waals surface area contributed by atoms with Gasteiger partial charge in [-0.3, -0.25) is 9.69 Å². The van der Waals surface area contributed by atoms with Gasteiger partial charge in [0.25, 0.3) is 0 Å². The fourth-order valence-electron chi connectivity index (χ4n) is 4.67. The van der Waals surface area contributed by atoms with E-state index in [9.17, 15) is 9.90 Å². The maximum Gasteiger partial charge on any atom is 0.303 e. The lowest BCUT2D eigenvalue weighted by atomic mass is 9.73. The maximum atomic E-state index is 11.6. The normalized spacial score (nSPS) is 32.8. The Bertz CT molecular complexity index is 758. The molecule has 6 heteroatoms. The minimum Gasteiger partial charge on any atom is -0.459 e. The number of hydrogen-bond donors (Lipinski definition) is 1. The number of fused-ring (bicyclic) bond motifs is 3. The van der Waals surface area contributed by atoms with Crippen LogP contribution in [0.15, 0.2) is 23.8 Å². The first-order valence-electron chi connectivity index (χ1n) is 8.34. The molecule has 1 aliphatic carbocycles. The molecule has 6 nitrogen and oxygen atoms in total. The molecule has 0 bridgehead atoms. The largest absolute Gasteiger partial charge is 0.459 e. The third-order valence-electron chi connectivity index (χ3n) is 5.55. The zero-order valence-electron chi connectivity index (χ0n) is 13.4. The number of ether oxygens (including phenoxy) is 3. The van der Waals surface area contributed by atoms with Gasteiger partial charge in [0, 0.05) is 32.0 Å². The minimum atomic E-state index is -0.776. The third-order valence-corrected chi connectivity index (χ3v) is 5.55. The number of hydrogen-bond acceptors (Lipinski definition) is 6. The van der Waals surface area contributed by atoms with Crippen LogP contribution in [0.5, 0.6) is 11.5 Å². The van der Waals surface area contributed by atoms with Crippen molar-refractivity contribution in [3.63, 3.8) is 0 Å². The number of rotatable bonds is 1. The van der Waals surface area contributed by atoms with Gasteiger partial charge in [0.2, 0.25) is 6.79 Å².